The molecule has 1 N–H and O–H groups in total. The molecule has 0 aromatic rings. The summed E-state index contributed by atoms with van der Waals surface area (Å²) in [4.78, 5) is 4.36. The van der Waals surface area contributed by atoms with Crippen LogP contribution in [0, 0.1) is 5.41 Å². The molecule has 1 spiro atoms. The van der Waals surface area contributed by atoms with E-state index in [1.165, 1.54) is 32.1 Å². The van der Waals surface area contributed by atoms with Crippen LogP contribution in [0.25, 0.3) is 0 Å². The first-order valence-corrected chi connectivity index (χ1v) is 6.85. The highest BCUT2D eigenvalue weighted by Crippen LogP contribution is 2.51. The molecular weight excluding hydrogens is 212 g/mol. The van der Waals surface area contributed by atoms with Crippen LogP contribution in [0.4, 0.5) is 0 Å². The molecule has 0 radical (unpaired) electrons. The van der Waals surface area contributed by atoms with E-state index in [1.807, 2.05) is 20.2 Å². The largest absolute Gasteiger partial charge is 0.375 e. The number of rotatable bonds is 4. The van der Waals surface area contributed by atoms with E-state index in [0.717, 1.165) is 19.6 Å². The van der Waals surface area contributed by atoms with E-state index in [1.54, 1.807) is 0 Å². The molecule has 0 amide bonds. The van der Waals surface area contributed by atoms with Gasteiger partial charge in [-0.2, -0.15) is 0 Å². The fourth-order valence-corrected chi connectivity index (χ4v) is 2.73. The van der Waals surface area contributed by atoms with Gasteiger partial charge in [0, 0.05) is 19.6 Å². The molecule has 0 aromatic carbocycles. The standard InChI is InChI=1S/C14H26N2O/c1-15(2)10-5-6-13(17)16-11-4-3-7-14(12-16)8-9-14/h5-6,13,17H,3-4,7-12H2,1-2H3/b6-5+. The van der Waals surface area contributed by atoms with Gasteiger partial charge in [-0.25, -0.2) is 0 Å². The van der Waals surface area contributed by atoms with Crippen molar-refractivity contribution in [1.29, 1.82) is 0 Å². The highest BCUT2D eigenvalue weighted by molar-refractivity contribution is 4.99. The van der Waals surface area contributed by atoms with Crippen LogP contribution in [0.3, 0.4) is 0 Å². The molecule has 2 rings (SSSR count). The van der Waals surface area contributed by atoms with Crippen LogP contribution in [-0.4, -0.2) is 54.9 Å². The van der Waals surface area contributed by atoms with Crippen molar-refractivity contribution in [3.63, 3.8) is 0 Å². The first-order chi connectivity index (χ1) is 8.11. The molecule has 1 saturated carbocycles. The highest BCUT2D eigenvalue weighted by Gasteiger charge is 2.44. The topological polar surface area (TPSA) is 26.7 Å². The van der Waals surface area contributed by atoms with Crippen LogP contribution in [0.5, 0.6) is 0 Å². The maximum Gasteiger partial charge on any atom is 0.126 e. The van der Waals surface area contributed by atoms with Gasteiger partial charge in [0.25, 0.3) is 0 Å². The molecule has 1 atom stereocenters. The minimum absolute atomic E-state index is 0.384. The number of aliphatic hydroxyl groups excluding tert-OH is 1. The van der Waals surface area contributed by atoms with Crippen molar-refractivity contribution in [2.75, 3.05) is 33.7 Å². The van der Waals surface area contributed by atoms with Gasteiger partial charge in [0.05, 0.1) is 0 Å². The summed E-state index contributed by atoms with van der Waals surface area (Å²) in [5.41, 5.74) is 0.576. The number of aliphatic hydroxyl groups is 1. The summed E-state index contributed by atoms with van der Waals surface area (Å²) >= 11 is 0. The van der Waals surface area contributed by atoms with Crippen LogP contribution < -0.4 is 0 Å². The molecule has 0 bridgehead atoms. The van der Waals surface area contributed by atoms with Gasteiger partial charge in [-0.3, -0.25) is 4.90 Å². The Labute approximate surface area is 105 Å². The molecule has 0 aromatic heterocycles. The zero-order valence-corrected chi connectivity index (χ0v) is 11.2. The maximum atomic E-state index is 10.2. The van der Waals surface area contributed by atoms with Gasteiger partial charge in [0.2, 0.25) is 0 Å². The van der Waals surface area contributed by atoms with Gasteiger partial charge in [-0.1, -0.05) is 12.5 Å². The van der Waals surface area contributed by atoms with Crippen molar-refractivity contribution in [3.05, 3.63) is 12.2 Å². The average molecular weight is 238 g/mol. The predicted molar refractivity (Wildman–Crippen MR) is 70.8 cm³/mol. The van der Waals surface area contributed by atoms with Crippen LogP contribution in [0.2, 0.25) is 0 Å². The molecule has 1 saturated heterocycles. The first-order valence-electron chi connectivity index (χ1n) is 6.85. The minimum Gasteiger partial charge on any atom is -0.375 e. The molecule has 1 aliphatic heterocycles. The number of likely N-dealkylation sites (N-methyl/N-ethyl adjacent to an activating group) is 1. The molecule has 2 fully saturated rings. The maximum absolute atomic E-state index is 10.2. The lowest BCUT2D eigenvalue weighted by atomic mass is 10.0. The Hall–Kier alpha value is -0.380. The van der Waals surface area contributed by atoms with Crippen LogP contribution in [0.15, 0.2) is 12.2 Å². The van der Waals surface area contributed by atoms with Crippen molar-refractivity contribution >= 4 is 0 Å². The Morgan fingerprint density at radius 2 is 2.06 bits per heavy atom. The average Bonchev–Trinajstić information content (AvgIpc) is 3.06. The van der Waals surface area contributed by atoms with Crippen molar-refractivity contribution < 1.29 is 5.11 Å². The second-order valence-electron chi connectivity index (χ2n) is 6.03. The Bertz CT molecular complexity index is 271. The molecule has 2 aliphatic rings. The zero-order chi connectivity index (χ0) is 12.3. The summed E-state index contributed by atoms with van der Waals surface area (Å²) in [7, 11) is 4.09. The Morgan fingerprint density at radius 1 is 1.29 bits per heavy atom. The van der Waals surface area contributed by atoms with Crippen LogP contribution in [0.1, 0.15) is 32.1 Å². The van der Waals surface area contributed by atoms with Crippen molar-refractivity contribution in [1.82, 2.24) is 9.80 Å². The number of nitrogens with zero attached hydrogens (tertiary/aromatic N) is 2. The van der Waals surface area contributed by atoms with Gasteiger partial charge >= 0.3 is 0 Å². The summed E-state index contributed by atoms with van der Waals surface area (Å²) in [6.45, 7) is 3.05. The third kappa shape index (κ3) is 3.80. The van der Waals surface area contributed by atoms with Crippen LogP contribution in [-0.2, 0) is 0 Å². The van der Waals surface area contributed by atoms with Crippen molar-refractivity contribution in [2.45, 2.75) is 38.3 Å². The smallest absolute Gasteiger partial charge is 0.126 e. The third-order valence-electron chi connectivity index (χ3n) is 4.05. The quantitative estimate of drug-likeness (QED) is 0.755. The van der Waals surface area contributed by atoms with Crippen molar-refractivity contribution in [3.8, 4) is 0 Å². The summed E-state index contributed by atoms with van der Waals surface area (Å²) in [6.07, 6.45) is 10.3. The molecule has 3 heteroatoms. The first kappa shape index (κ1) is 13.1. The predicted octanol–water partition coefficient (Wildman–Crippen LogP) is 1.69. The number of hydrogen-bond donors (Lipinski definition) is 1. The molecule has 3 nitrogen and oxygen atoms in total. The summed E-state index contributed by atoms with van der Waals surface area (Å²) < 4.78 is 0. The Kier molecular flexibility index (Phi) is 4.23. The monoisotopic (exact) mass is 238 g/mol. The zero-order valence-electron chi connectivity index (χ0n) is 11.2. The molecular formula is C14H26N2O. The fraction of sp³-hybridized carbons (Fsp3) is 0.857. The number of hydrogen-bond acceptors (Lipinski definition) is 3. The Morgan fingerprint density at radius 3 is 2.71 bits per heavy atom. The van der Waals surface area contributed by atoms with E-state index in [9.17, 15) is 5.11 Å². The molecule has 1 heterocycles. The van der Waals surface area contributed by atoms with E-state index in [0.29, 0.717) is 5.41 Å². The van der Waals surface area contributed by atoms with Crippen LogP contribution >= 0.6 is 0 Å². The summed E-state index contributed by atoms with van der Waals surface area (Å²) in [6, 6.07) is 0. The highest BCUT2D eigenvalue weighted by atomic mass is 16.3. The SMILES string of the molecule is CN(C)C/C=C/C(O)N1CCCCC2(CC2)C1. The van der Waals surface area contributed by atoms with Gasteiger partial charge in [0.15, 0.2) is 0 Å². The Balaban J connectivity index is 1.84. The number of likely N-dealkylation sites (tertiary alicyclic amines) is 1. The third-order valence-corrected chi connectivity index (χ3v) is 4.05. The molecule has 1 unspecified atom stereocenters. The lowest BCUT2D eigenvalue weighted by Gasteiger charge is -2.27. The summed E-state index contributed by atoms with van der Waals surface area (Å²) in [5, 5.41) is 10.2. The molecule has 1 aliphatic carbocycles. The van der Waals surface area contributed by atoms with Gasteiger partial charge < -0.3 is 10.0 Å². The normalized spacial score (nSPS) is 26.6. The lowest BCUT2D eigenvalue weighted by Crippen LogP contribution is -2.37. The van der Waals surface area contributed by atoms with E-state index < -0.39 is 0 Å². The lowest BCUT2D eigenvalue weighted by molar-refractivity contribution is 0.0321. The second kappa shape index (κ2) is 5.51. The van der Waals surface area contributed by atoms with E-state index in [-0.39, 0.29) is 6.23 Å². The fourth-order valence-electron chi connectivity index (χ4n) is 2.73. The van der Waals surface area contributed by atoms with Crippen molar-refractivity contribution in [2.24, 2.45) is 5.41 Å². The van der Waals surface area contributed by atoms with Gasteiger partial charge in [-0.05, 0) is 51.3 Å². The minimum atomic E-state index is -0.384. The molecule has 98 valence electrons. The van der Waals surface area contributed by atoms with Gasteiger partial charge in [-0.15, -0.1) is 0 Å². The second-order valence-corrected chi connectivity index (χ2v) is 6.03. The summed E-state index contributed by atoms with van der Waals surface area (Å²) in [5.74, 6) is 0. The van der Waals surface area contributed by atoms with E-state index in [2.05, 4.69) is 15.9 Å². The van der Waals surface area contributed by atoms with Gasteiger partial charge in [0.1, 0.15) is 6.23 Å². The molecule has 17 heavy (non-hydrogen) atoms. The van der Waals surface area contributed by atoms with E-state index in [4.69, 9.17) is 0 Å². The van der Waals surface area contributed by atoms with E-state index >= 15 is 0 Å².